The van der Waals surface area contributed by atoms with Gasteiger partial charge in [-0.2, -0.15) is 0 Å². The predicted molar refractivity (Wildman–Crippen MR) is 217 cm³/mol. The van der Waals surface area contributed by atoms with Crippen LogP contribution in [0.1, 0.15) is 22.3 Å². The van der Waals surface area contributed by atoms with Crippen LogP contribution in [-0.4, -0.2) is 9.13 Å². The van der Waals surface area contributed by atoms with Crippen molar-refractivity contribution in [3.8, 4) is 22.5 Å². The van der Waals surface area contributed by atoms with Crippen molar-refractivity contribution in [1.29, 1.82) is 0 Å². The molecular weight excluding hydrogens is 649 g/mol. The summed E-state index contributed by atoms with van der Waals surface area (Å²) in [4.78, 5) is 2.62. The van der Waals surface area contributed by atoms with Gasteiger partial charge < -0.3 is 9.13 Å². The summed E-state index contributed by atoms with van der Waals surface area (Å²) in [6, 6.07) is 67.7. The summed E-state index contributed by atoms with van der Waals surface area (Å²) in [5.41, 5.74) is 14.7. The largest absolute Gasteiger partial charge is 0.309 e. The van der Waals surface area contributed by atoms with Crippen molar-refractivity contribution in [2.24, 2.45) is 0 Å². The Bertz CT molecular complexity index is 3110. The second-order valence-electron chi connectivity index (χ2n) is 14.0. The van der Waals surface area contributed by atoms with Gasteiger partial charge in [-0.25, -0.2) is 0 Å². The lowest BCUT2D eigenvalue weighted by atomic mass is 9.62. The van der Waals surface area contributed by atoms with Crippen LogP contribution >= 0.6 is 11.8 Å². The summed E-state index contributed by atoms with van der Waals surface area (Å²) in [6.45, 7) is 0. The molecule has 0 N–H and O–H groups in total. The lowest BCUT2D eigenvalue weighted by molar-refractivity contribution is 0.690. The van der Waals surface area contributed by atoms with E-state index in [1.54, 1.807) is 0 Å². The van der Waals surface area contributed by atoms with Gasteiger partial charge in [0, 0.05) is 37.0 Å². The van der Waals surface area contributed by atoms with Crippen molar-refractivity contribution in [3.05, 3.63) is 204 Å². The molecule has 4 heterocycles. The molecule has 0 radical (unpaired) electrons. The van der Waals surface area contributed by atoms with Crippen molar-refractivity contribution < 1.29 is 0 Å². The van der Waals surface area contributed by atoms with Crippen LogP contribution in [0.2, 0.25) is 0 Å². The second kappa shape index (κ2) is 10.4. The van der Waals surface area contributed by atoms with Gasteiger partial charge in [0.1, 0.15) is 0 Å². The Kier molecular flexibility index (Phi) is 5.67. The van der Waals surface area contributed by atoms with E-state index in [1.807, 2.05) is 11.8 Å². The van der Waals surface area contributed by atoms with Gasteiger partial charge in [-0.15, -0.1) is 0 Å². The Morgan fingerprint density at radius 2 is 1.02 bits per heavy atom. The molecule has 1 spiro atoms. The van der Waals surface area contributed by atoms with Crippen molar-refractivity contribution in [2.75, 3.05) is 0 Å². The second-order valence-corrected chi connectivity index (χ2v) is 15.1. The van der Waals surface area contributed by atoms with Crippen LogP contribution in [0.3, 0.4) is 0 Å². The minimum absolute atomic E-state index is 0.503. The van der Waals surface area contributed by atoms with E-state index in [0.29, 0.717) is 0 Å². The number of aromatic nitrogens is 2. The van der Waals surface area contributed by atoms with Gasteiger partial charge in [0.05, 0.1) is 33.2 Å². The lowest BCUT2D eigenvalue weighted by Gasteiger charge is -2.45. The third-order valence-corrected chi connectivity index (χ3v) is 12.8. The predicted octanol–water partition coefficient (Wildman–Crippen LogP) is 12.7. The van der Waals surface area contributed by atoms with E-state index in [2.05, 4.69) is 191 Å². The lowest BCUT2D eigenvalue weighted by Crippen LogP contribution is -2.37. The fraction of sp³-hybridized carbons (Fsp3) is 0.0204. The standard InChI is InChI=1S/C49H30N2S/c1-2-14-32(15-3-1)50-42-24-8-4-16-34(42)36-29-28-31(30-45(36)50)33-18-12-23-41-48(33)52-46-27-11-7-21-39(46)49(41)38-20-6-10-26-44(38)51-43-25-9-5-17-35(43)37-19-13-22-40(49)47(37)51/h1-30H. The molecule has 3 heteroatoms. The Morgan fingerprint density at radius 1 is 0.404 bits per heavy atom. The van der Waals surface area contributed by atoms with Crippen molar-refractivity contribution in [3.63, 3.8) is 0 Å². The van der Waals surface area contributed by atoms with Crippen molar-refractivity contribution in [1.82, 2.24) is 9.13 Å². The smallest absolute Gasteiger partial charge is 0.0764 e. The Balaban J connectivity index is 1.20. The fourth-order valence-corrected chi connectivity index (χ4v) is 10.9. The molecule has 2 aromatic heterocycles. The topological polar surface area (TPSA) is 9.86 Å². The van der Waals surface area contributed by atoms with E-state index in [-0.39, 0.29) is 0 Å². The summed E-state index contributed by atoms with van der Waals surface area (Å²) < 4.78 is 4.94. The van der Waals surface area contributed by atoms with Crippen LogP contribution < -0.4 is 0 Å². The van der Waals surface area contributed by atoms with Crippen LogP contribution in [0, 0.1) is 0 Å². The van der Waals surface area contributed by atoms with Crippen LogP contribution in [0.5, 0.6) is 0 Å². The zero-order chi connectivity index (χ0) is 34.0. The molecule has 0 fully saturated rings. The molecule has 10 aromatic rings. The minimum Gasteiger partial charge on any atom is -0.309 e. The highest BCUT2D eigenvalue weighted by molar-refractivity contribution is 7.99. The molecule has 0 bridgehead atoms. The molecule has 1 unspecified atom stereocenters. The summed E-state index contributed by atoms with van der Waals surface area (Å²) in [6.07, 6.45) is 0. The van der Waals surface area contributed by atoms with Crippen molar-refractivity contribution >= 4 is 55.4 Å². The van der Waals surface area contributed by atoms with Gasteiger partial charge in [0.2, 0.25) is 0 Å². The van der Waals surface area contributed by atoms with Gasteiger partial charge in [-0.3, -0.25) is 0 Å². The van der Waals surface area contributed by atoms with E-state index in [1.165, 1.54) is 98.2 Å². The van der Waals surface area contributed by atoms with Crippen molar-refractivity contribution in [2.45, 2.75) is 15.2 Å². The van der Waals surface area contributed by atoms with Gasteiger partial charge in [0.15, 0.2) is 0 Å². The first-order valence-corrected chi connectivity index (χ1v) is 18.8. The summed E-state index contributed by atoms with van der Waals surface area (Å²) in [7, 11) is 0. The van der Waals surface area contributed by atoms with Crippen LogP contribution in [-0.2, 0) is 5.41 Å². The Morgan fingerprint density at radius 3 is 1.88 bits per heavy atom. The molecule has 0 amide bonds. The zero-order valence-corrected chi connectivity index (χ0v) is 28.9. The number of rotatable bonds is 2. The van der Waals surface area contributed by atoms with Gasteiger partial charge in [0.25, 0.3) is 0 Å². The number of hydrogen-bond donors (Lipinski definition) is 0. The maximum atomic E-state index is 2.52. The summed E-state index contributed by atoms with van der Waals surface area (Å²) >= 11 is 1.92. The molecule has 242 valence electrons. The highest BCUT2D eigenvalue weighted by Gasteiger charge is 2.49. The number of hydrogen-bond acceptors (Lipinski definition) is 1. The van der Waals surface area contributed by atoms with Gasteiger partial charge >= 0.3 is 0 Å². The first-order valence-electron chi connectivity index (χ1n) is 17.9. The zero-order valence-electron chi connectivity index (χ0n) is 28.1. The molecule has 2 aliphatic heterocycles. The maximum Gasteiger partial charge on any atom is 0.0764 e. The van der Waals surface area contributed by atoms with E-state index >= 15 is 0 Å². The normalized spacial score (nSPS) is 15.7. The highest BCUT2D eigenvalue weighted by atomic mass is 32.2. The quantitative estimate of drug-likeness (QED) is 0.177. The fourth-order valence-electron chi connectivity index (χ4n) is 9.57. The molecule has 8 aromatic carbocycles. The molecule has 0 saturated carbocycles. The first kappa shape index (κ1) is 28.4. The van der Waals surface area contributed by atoms with E-state index in [4.69, 9.17) is 0 Å². The molecule has 0 saturated heterocycles. The highest BCUT2D eigenvalue weighted by Crippen LogP contribution is 2.61. The number of benzene rings is 8. The van der Waals surface area contributed by atoms with Gasteiger partial charge in [-0.1, -0.05) is 151 Å². The molecule has 2 aliphatic rings. The number of para-hydroxylation sites is 5. The molecule has 52 heavy (non-hydrogen) atoms. The minimum atomic E-state index is -0.503. The molecule has 0 aliphatic carbocycles. The van der Waals surface area contributed by atoms with E-state index in [9.17, 15) is 0 Å². The Labute approximate surface area is 305 Å². The van der Waals surface area contributed by atoms with Gasteiger partial charge in [-0.05, 0) is 75.8 Å². The summed E-state index contributed by atoms with van der Waals surface area (Å²) in [5.74, 6) is 0. The number of fused-ring (bicyclic) bond motifs is 14. The third-order valence-electron chi connectivity index (χ3n) is 11.6. The van der Waals surface area contributed by atoms with Crippen LogP contribution in [0.25, 0.3) is 66.1 Å². The Hall–Kier alpha value is -6.29. The average Bonchev–Trinajstić information content (AvgIpc) is 3.73. The van der Waals surface area contributed by atoms with E-state index < -0.39 is 5.41 Å². The monoisotopic (exact) mass is 678 g/mol. The van der Waals surface area contributed by atoms with Crippen LogP contribution in [0.15, 0.2) is 192 Å². The number of nitrogens with zero attached hydrogens (tertiary/aromatic N) is 2. The molecular formula is C49H30N2S. The maximum absolute atomic E-state index is 2.52. The summed E-state index contributed by atoms with van der Waals surface area (Å²) in [5, 5.41) is 5.13. The third kappa shape index (κ3) is 3.51. The van der Waals surface area contributed by atoms with Crippen LogP contribution in [0.4, 0.5) is 0 Å². The van der Waals surface area contributed by atoms with E-state index in [0.717, 1.165) is 0 Å². The average molecular weight is 679 g/mol. The molecule has 1 atom stereocenters. The SMILES string of the molecule is c1ccc(-n2c3ccccc3c3ccc(-c4cccc5c4Sc4ccccc4C54c5ccccc5-n5c6ccccc6c6cccc4c65)cc32)cc1. The first-order chi connectivity index (χ1) is 25.8. The molecule has 2 nitrogen and oxygen atoms in total. The molecule has 12 rings (SSSR count).